The van der Waals surface area contributed by atoms with Gasteiger partial charge in [0.1, 0.15) is 0 Å². The molecule has 0 saturated heterocycles. The third-order valence-corrected chi connectivity index (χ3v) is 1.59. The van der Waals surface area contributed by atoms with Crippen LogP contribution in [0.5, 0.6) is 0 Å². The fraction of sp³-hybridized carbons (Fsp3) is 0. The minimum atomic E-state index is -1.56. The molecule has 0 aromatic heterocycles. The van der Waals surface area contributed by atoms with Gasteiger partial charge in [-0.25, -0.2) is 9.59 Å². The Morgan fingerprint density at radius 2 is 1.29 bits per heavy atom. The van der Waals surface area contributed by atoms with Crippen molar-refractivity contribution in [1.29, 1.82) is 0 Å². The average molecular weight is 194 g/mol. The molecule has 72 valence electrons. The van der Waals surface area contributed by atoms with E-state index in [-0.39, 0.29) is 11.1 Å². The van der Waals surface area contributed by atoms with E-state index in [1.807, 2.05) is 0 Å². The molecular formula is C9H6O5. The largest absolute Gasteiger partial charge is 0.478 e. The van der Waals surface area contributed by atoms with Crippen LogP contribution in [0.15, 0.2) is 24.3 Å². The van der Waals surface area contributed by atoms with Crippen LogP contribution in [-0.2, 0) is 4.79 Å². The molecule has 1 aromatic rings. The summed E-state index contributed by atoms with van der Waals surface area (Å²) in [5.74, 6) is -3.74. The Morgan fingerprint density at radius 3 is 1.64 bits per heavy atom. The second-order valence-corrected chi connectivity index (χ2v) is 2.52. The molecule has 0 bridgehead atoms. The highest BCUT2D eigenvalue weighted by Crippen LogP contribution is 2.05. The van der Waals surface area contributed by atoms with E-state index in [0.717, 1.165) is 0 Å². The Balaban J connectivity index is 3.00. The molecule has 0 atom stereocenters. The molecule has 0 fully saturated rings. The van der Waals surface area contributed by atoms with Gasteiger partial charge in [0.25, 0.3) is 5.78 Å². The molecule has 0 radical (unpaired) electrons. The zero-order valence-electron chi connectivity index (χ0n) is 6.93. The van der Waals surface area contributed by atoms with Crippen molar-refractivity contribution in [3.63, 3.8) is 0 Å². The first kappa shape index (κ1) is 9.91. The van der Waals surface area contributed by atoms with Gasteiger partial charge in [0.15, 0.2) is 0 Å². The van der Waals surface area contributed by atoms with Gasteiger partial charge in [-0.2, -0.15) is 0 Å². The Labute approximate surface area is 78.6 Å². The van der Waals surface area contributed by atoms with Gasteiger partial charge in [0, 0.05) is 5.56 Å². The summed E-state index contributed by atoms with van der Waals surface area (Å²) in [6.45, 7) is 0. The van der Waals surface area contributed by atoms with E-state index >= 15 is 0 Å². The zero-order chi connectivity index (χ0) is 10.7. The Kier molecular flexibility index (Phi) is 2.62. The molecule has 0 aliphatic rings. The minimum absolute atomic E-state index is 0.00642. The lowest BCUT2D eigenvalue weighted by Gasteiger charge is -1.96. The molecule has 0 spiro atoms. The van der Waals surface area contributed by atoms with E-state index in [2.05, 4.69) is 0 Å². The molecule has 0 aliphatic heterocycles. The molecule has 2 N–H and O–H groups in total. The molecule has 1 rings (SSSR count). The van der Waals surface area contributed by atoms with Gasteiger partial charge in [-0.15, -0.1) is 0 Å². The van der Waals surface area contributed by atoms with E-state index in [4.69, 9.17) is 10.2 Å². The molecule has 0 aliphatic carbocycles. The van der Waals surface area contributed by atoms with Crippen molar-refractivity contribution in [3.8, 4) is 0 Å². The first-order chi connectivity index (χ1) is 6.52. The van der Waals surface area contributed by atoms with E-state index in [0.29, 0.717) is 0 Å². The zero-order valence-corrected chi connectivity index (χ0v) is 6.93. The van der Waals surface area contributed by atoms with E-state index in [1.54, 1.807) is 0 Å². The number of hydrogen-bond acceptors (Lipinski definition) is 3. The molecule has 0 amide bonds. The van der Waals surface area contributed by atoms with Crippen molar-refractivity contribution in [3.05, 3.63) is 35.4 Å². The molecular weight excluding hydrogens is 188 g/mol. The Morgan fingerprint density at radius 1 is 0.857 bits per heavy atom. The highest BCUT2D eigenvalue weighted by Gasteiger charge is 2.14. The number of carbonyl (C=O) groups excluding carboxylic acids is 1. The predicted molar refractivity (Wildman–Crippen MR) is 45.4 cm³/mol. The van der Waals surface area contributed by atoms with Crippen LogP contribution < -0.4 is 0 Å². The fourth-order valence-corrected chi connectivity index (χ4v) is 0.888. The van der Waals surface area contributed by atoms with E-state index in [1.165, 1.54) is 24.3 Å². The average Bonchev–Trinajstić information content (AvgIpc) is 2.16. The topological polar surface area (TPSA) is 91.7 Å². The van der Waals surface area contributed by atoms with Crippen LogP contribution in [0.4, 0.5) is 0 Å². The maximum Gasteiger partial charge on any atom is 0.377 e. The summed E-state index contributed by atoms with van der Waals surface area (Å²) < 4.78 is 0. The van der Waals surface area contributed by atoms with E-state index in [9.17, 15) is 14.4 Å². The van der Waals surface area contributed by atoms with Crippen molar-refractivity contribution in [2.24, 2.45) is 0 Å². The van der Waals surface area contributed by atoms with Crippen LogP contribution in [0.1, 0.15) is 20.7 Å². The molecule has 0 saturated carbocycles. The monoisotopic (exact) mass is 194 g/mol. The number of benzene rings is 1. The summed E-state index contributed by atoms with van der Waals surface area (Å²) in [6.07, 6.45) is 0. The van der Waals surface area contributed by atoms with Gasteiger partial charge in [-0.3, -0.25) is 4.79 Å². The summed E-state index contributed by atoms with van der Waals surface area (Å²) in [7, 11) is 0. The minimum Gasteiger partial charge on any atom is -0.478 e. The van der Waals surface area contributed by atoms with Crippen LogP contribution in [-0.4, -0.2) is 27.9 Å². The SMILES string of the molecule is O=C(O)C(=O)c1ccc(C(=O)O)cc1. The lowest BCUT2D eigenvalue weighted by Crippen LogP contribution is -2.12. The number of aliphatic carboxylic acids is 1. The second kappa shape index (κ2) is 3.69. The summed E-state index contributed by atoms with van der Waals surface area (Å²) in [5, 5.41) is 16.9. The maximum atomic E-state index is 10.9. The highest BCUT2D eigenvalue weighted by molar-refractivity contribution is 6.39. The smallest absolute Gasteiger partial charge is 0.377 e. The molecule has 0 unspecified atom stereocenters. The Bertz CT molecular complexity index is 390. The van der Waals surface area contributed by atoms with Gasteiger partial charge >= 0.3 is 11.9 Å². The summed E-state index contributed by atoms with van der Waals surface area (Å²) in [4.78, 5) is 31.5. The number of Topliss-reactive ketones (excluding diaryl/α,β-unsaturated/α-hetero) is 1. The first-order valence-electron chi connectivity index (χ1n) is 3.63. The number of ketones is 1. The van der Waals surface area contributed by atoms with Crippen LogP contribution in [0.2, 0.25) is 0 Å². The third-order valence-electron chi connectivity index (χ3n) is 1.59. The van der Waals surface area contributed by atoms with Crippen molar-refractivity contribution >= 4 is 17.7 Å². The molecule has 5 heteroatoms. The number of carbonyl (C=O) groups is 3. The standard InChI is InChI=1S/C9H6O5/c10-7(9(13)14)5-1-3-6(4-2-5)8(11)12/h1-4H,(H,11,12)(H,13,14). The predicted octanol–water partition coefficient (Wildman–Crippen LogP) is 0.652. The fourth-order valence-electron chi connectivity index (χ4n) is 0.888. The van der Waals surface area contributed by atoms with Crippen LogP contribution in [0.3, 0.4) is 0 Å². The maximum absolute atomic E-state index is 10.9. The van der Waals surface area contributed by atoms with Gasteiger partial charge in [-0.1, -0.05) is 0 Å². The van der Waals surface area contributed by atoms with E-state index < -0.39 is 17.7 Å². The van der Waals surface area contributed by atoms with Gasteiger partial charge in [-0.05, 0) is 24.3 Å². The van der Waals surface area contributed by atoms with Crippen LogP contribution in [0.25, 0.3) is 0 Å². The number of carboxylic acids is 2. The summed E-state index contributed by atoms with van der Waals surface area (Å²) >= 11 is 0. The van der Waals surface area contributed by atoms with Gasteiger partial charge in [0.05, 0.1) is 5.56 Å². The van der Waals surface area contributed by atoms with Crippen LogP contribution in [0, 0.1) is 0 Å². The molecule has 14 heavy (non-hydrogen) atoms. The number of rotatable bonds is 3. The molecule has 5 nitrogen and oxygen atoms in total. The lowest BCUT2D eigenvalue weighted by atomic mass is 10.1. The number of hydrogen-bond donors (Lipinski definition) is 2. The molecule has 1 aromatic carbocycles. The van der Waals surface area contributed by atoms with Gasteiger partial charge < -0.3 is 10.2 Å². The third kappa shape index (κ3) is 1.95. The normalized spacial score (nSPS) is 9.43. The Hall–Kier alpha value is -2.17. The van der Waals surface area contributed by atoms with Crippen molar-refractivity contribution in [2.45, 2.75) is 0 Å². The molecule has 0 heterocycles. The second-order valence-electron chi connectivity index (χ2n) is 2.52. The lowest BCUT2D eigenvalue weighted by molar-refractivity contribution is -0.131. The van der Waals surface area contributed by atoms with Crippen molar-refractivity contribution in [1.82, 2.24) is 0 Å². The summed E-state index contributed by atoms with van der Waals surface area (Å²) in [5.41, 5.74) is -0.0329. The van der Waals surface area contributed by atoms with Crippen molar-refractivity contribution < 1.29 is 24.6 Å². The summed E-state index contributed by atoms with van der Waals surface area (Å²) in [6, 6.07) is 4.69. The first-order valence-corrected chi connectivity index (χ1v) is 3.63. The van der Waals surface area contributed by atoms with Crippen molar-refractivity contribution in [2.75, 3.05) is 0 Å². The van der Waals surface area contributed by atoms with Gasteiger partial charge in [0.2, 0.25) is 0 Å². The quantitative estimate of drug-likeness (QED) is 0.544. The number of carboxylic acid groups (broad SMARTS) is 2. The highest BCUT2D eigenvalue weighted by atomic mass is 16.4. The number of aromatic carboxylic acids is 1. The van der Waals surface area contributed by atoms with Crippen LogP contribution >= 0.6 is 0 Å².